The van der Waals surface area contributed by atoms with Crippen molar-refractivity contribution in [1.82, 2.24) is 0 Å². The quantitative estimate of drug-likeness (QED) is 0.0717. The normalized spacial score (nSPS) is 16.3. The Kier molecular flexibility index (Phi) is 15.4. The molecule has 0 spiro atoms. The maximum Gasteiger partial charge on any atom is 0.493 e. The molecule has 0 fully saturated rings. The minimum absolute atomic E-state index is 0.276. The highest BCUT2D eigenvalue weighted by Gasteiger charge is 2.75. The van der Waals surface area contributed by atoms with Crippen molar-refractivity contribution in [1.29, 1.82) is 0 Å². The third-order valence-electron chi connectivity index (χ3n) is 4.13. The SMILES string of the molecule is OCCCCOC(F)(F)C(F)OC(F)(F)OC(F)(F)C(F)(F)OC(F)(F)C(F)(F)OC(F)(F)OC(F)C(F)(F)OCCCCO. The first-order valence-corrected chi connectivity index (χ1v) is 11.3. The van der Waals surface area contributed by atoms with Crippen LogP contribution in [0.25, 0.3) is 0 Å². The first-order valence-electron chi connectivity index (χ1n) is 11.3. The van der Waals surface area contributed by atoms with Crippen LogP contribution in [0.2, 0.25) is 0 Å². The molecule has 27 heteroatoms. The van der Waals surface area contributed by atoms with E-state index in [-0.39, 0.29) is 12.8 Å². The Morgan fingerprint density at radius 3 is 0.956 bits per heavy atom. The van der Waals surface area contributed by atoms with Gasteiger partial charge >= 0.3 is 49.2 Å². The summed E-state index contributed by atoms with van der Waals surface area (Å²) in [5.41, 5.74) is 0. The van der Waals surface area contributed by atoms with Crippen LogP contribution < -0.4 is 0 Å². The molecule has 0 saturated heterocycles. The minimum atomic E-state index is -7.56. The maximum atomic E-state index is 13.5. The van der Waals surface area contributed by atoms with Crippen LogP contribution in [0.4, 0.5) is 79.0 Å². The predicted octanol–water partition coefficient (Wildman–Crippen LogP) is 5.90. The fourth-order valence-corrected chi connectivity index (χ4v) is 2.10. The fourth-order valence-electron chi connectivity index (χ4n) is 2.10. The lowest BCUT2D eigenvalue weighted by atomic mass is 10.3. The fraction of sp³-hybridized carbons (Fsp3) is 1.00. The van der Waals surface area contributed by atoms with Gasteiger partial charge in [0, 0.05) is 13.2 Å². The molecule has 0 heterocycles. The number of aliphatic hydroxyl groups excluding tert-OH is 2. The van der Waals surface area contributed by atoms with Gasteiger partial charge in [0.1, 0.15) is 0 Å². The first kappa shape index (κ1) is 43.4. The highest BCUT2D eigenvalue weighted by Crippen LogP contribution is 2.49. The smallest absolute Gasteiger partial charge is 0.396 e. The Bertz CT molecular complexity index is 811. The lowest BCUT2D eigenvalue weighted by molar-refractivity contribution is -0.591. The molecule has 2 N–H and O–H groups in total. The number of aliphatic hydroxyl groups is 2. The summed E-state index contributed by atoms with van der Waals surface area (Å²) >= 11 is 0. The molecule has 272 valence electrons. The molecule has 0 aromatic carbocycles. The van der Waals surface area contributed by atoms with Gasteiger partial charge in [-0.15, -0.1) is 17.6 Å². The van der Waals surface area contributed by atoms with E-state index in [9.17, 15) is 79.0 Å². The molecule has 0 aliphatic carbocycles. The van der Waals surface area contributed by atoms with Gasteiger partial charge in [-0.3, -0.25) is 9.47 Å². The van der Waals surface area contributed by atoms with E-state index in [1.54, 1.807) is 4.74 Å². The van der Waals surface area contributed by atoms with Crippen LogP contribution in [0, 0.1) is 0 Å². The van der Waals surface area contributed by atoms with Crippen molar-refractivity contribution < 1.29 is 122 Å². The summed E-state index contributed by atoms with van der Waals surface area (Å²) in [4.78, 5) is 0. The molecule has 2 unspecified atom stereocenters. The number of hydrogen-bond acceptors (Lipinski definition) is 9. The Morgan fingerprint density at radius 2 is 0.689 bits per heavy atom. The van der Waals surface area contributed by atoms with Crippen LogP contribution in [0.5, 0.6) is 0 Å². The van der Waals surface area contributed by atoms with E-state index in [1.165, 1.54) is 0 Å². The van der Waals surface area contributed by atoms with Crippen LogP contribution in [-0.2, 0) is 33.2 Å². The summed E-state index contributed by atoms with van der Waals surface area (Å²) in [7, 11) is 0. The zero-order valence-electron chi connectivity index (χ0n) is 21.4. The van der Waals surface area contributed by atoms with Crippen molar-refractivity contribution in [3.8, 4) is 0 Å². The molecule has 0 radical (unpaired) electrons. The predicted molar refractivity (Wildman–Crippen MR) is 99.3 cm³/mol. The lowest BCUT2D eigenvalue weighted by Crippen LogP contribution is -2.58. The first-order chi connectivity index (χ1) is 20.0. The van der Waals surface area contributed by atoms with Gasteiger partial charge in [-0.25, -0.2) is 23.0 Å². The summed E-state index contributed by atoms with van der Waals surface area (Å²) in [6.45, 7) is -3.69. The summed E-state index contributed by atoms with van der Waals surface area (Å²) < 4.78 is 258. The van der Waals surface area contributed by atoms with Crippen molar-refractivity contribution in [3.05, 3.63) is 0 Å². The Hall–Kier alpha value is -1.62. The zero-order valence-corrected chi connectivity index (χ0v) is 21.4. The Labute approximate surface area is 237 Å². The standard InChI is InChI=1S/C18H20F18O9/c19-9(11(21,22)39-7-3-1-5-37)41-17(33,34)44-15(29,30)13(25,26)43-14(27,28)16(31,32)45-18(35,36)42-10(20)12(23,24)40-8-4-2-6-38/h9-10,37-38H,1-8H2. The van der Waals surface area contributed by atoms with Crippen LogP contribution in [0.3, 0.4) is 0 Å². The molecule has 2 atom stereocenters. The number of rotatable bonds is 24. The summed E-state index contributed by atoms with van der Waals surface area (Å²) in [6.07, 6.45) is -65.5. The van der Waals surface area contributed by atoms with Crippen molar-refractivity contribution in [3.63, 3.8) is 0 Å². The van der Waals surface area contributed by atoms with E-state index in [4.69, 9.17) is 10.2 Å². The summed E-state index contributed by atoms with van der Waals surface area (Å²) in [5.74, 6) is 0. The van der Waals surface area contributed by atoms with Crippen molar-refractivity contribution in [2.24, 2.45) is 0 Å². The molecule has 0 aromatic rings. The van der Waals surface area contributed by atoms with Crippen LogP contribution in [0.15, 0.2) is 0 Å². The van der Waals surface area contributed by atoms with E-state index in [1.807, 2.05) is 9.47 Å². The molecule has 0 saturated carbocycles. The molecule has 0 bridgehead atoms. The molecular weight excluding hydrogens is 702 g/mol. The van der Waals surface area contributed by atoms with Gasteiger partial charge in [-0.05, 0) is 25.7 Å². The second-order valence-corrected chi connectivity index (χ2v) is 7.85. The van der Waals surface area contributed by atoms with Gasteiger partial charge in [0.25, 0.3) is 12.7 Å². The van der Waals surface area contributed by atoms with Crippen LogP contribution >= 0.6 is 0 Å². The van der Waals surface area contributed by atoms with Crippen molar-refractivity contribution in [2.75, 3.05) is 26.4 Å². The Morgan fingerprint density at radius 1 is 0.422 bits per heavy atom. The molecule has 45 heavy (non-hydrogen) atoms. The van der Waals surface area contributed by atoms with Gasteiger partial charge in [-0.1, -0.05) is 0 Å². The second-order valence-electron chi connectivity index (χ2n) is 7.85. The topological polar surface area (TPSA) is 105 Å². The molecule has 0 rings (SSSR count). The molecule has 0 aliphatic rings. The second kappa shape index (κ2) is 16.0. The van der Waals surface area contributed by atoms with Gasteiger partial charge < -0.3 is 19.7 Å². The lowest BCUT2D eigenvalue weighted by Gasteiger charge is -2.34. The number of unbranched alkanes of at least 4 members (excludes halogenated alkanes) is 2. The van der Waals surface area contributed by atoms with E-state index >= 15 is 0 Å². The van der Waals surface area contributed by atoms with Gasteiger partial charge in [0.05, 0.1) is 13.2 Å². The number of alkyl halides is 18. The van der Waals surface area contributed by atoms with Gasteiger partial charge in [-0.2, -0.15) is 52.7 Å². The number of ether oxygens (including phenoxy) is 7. The summed E-state index contributed by atoms with van der Waals surface area (Å²) in [5, 5.41) is 16.8. The zero-order chi connectivity index (χ0) is 35.8. The van der Waals surface area contributed by atoms with E-state index < -0.39 is 101 Å². The van der Waals surface area contributed by atoms with E-state index in [0.717, 1.165) is 0 Å². The highest BCUT2D eigenvalue weighted by atomic mass is 19.4. The van der Waals surface area contributed by atoms with Gasteiger partial charge in [0.2, 0.25) is 0 Å². The average molecular weight is 722 g/mol. The van der Waals surface area contributed by atoms with E-state index in [2.05, 4.69) is 18.9 Å². The van der Waals surface area contributed by atoms with Crippen molar-refractivity contribution >= 4 is 0 Å². The average Bonchev–Trinajstić information content (AvgIpc) is 2.81. The van der Waals surface area contributed by atoms with Crippen LogP contribution in [-0.4, -0.2) is 98.6 Å². The summed E-state index contributed by atoms with van der Waals surface area (Å²) in [6, 6.07) is 0. The largest absolute Gasteiger partial charge is 0.493 e. The van der Waals surface area contributed by atoms with Crippen LogP contribution in [0.1, 0.15) is 25.7 Å². The third kappa shape index (κ3) is 14.0. The van der Waals surface area contributed by atoms with Gasteiger partial charge in [0.15, 0.2) is 0 Å². The highest BCUT2D eigenvalue weighted by molar-refractivity contribution is 4.76. The minimum Gasteiger partial charge on any atom is -0.396 e. The third-order valence-corrected chi connectivity index (χ3v) is 4.13. The monoisotopic (exact) mass is 722 g/mol. The number of halogens is 18. The van der Waals surface area contributed by atoms with E-state index in [0.29, 0.717) is 0 Å². The number of hydrogen-bond donors (Lipinski definition) is 2. The molecule has 0 aromatic heterocycles. The molecule has 0 aliphatic heterocycles. The molecule has 9 nitrogen and oxygen atoms in total. The van der Waals surface area contributed by atoms with Crippen molar-refractivity contribution in [2.45, 2.75) is 87.6 Å². The molecular formula is C18H20F18O9. The molecule has 0 amide bonds. The maximum absolute atomic E-state index is 13.5. The Balaban J connectivity index is 5.58.